The van der Waals surface area contributed by atoms with Crippen molar-refractivity contribution in [1.29, 1.82) is 0 Å². The molecule has 1 N–H and O–H groups in total. The number of likely N-dealkylation sites (tertiary alicyclic amines) is 1. The number of nitrogens with zero attached hydrogens (tertiary/aromatic N) is 2. The van der Waals surface area contributed by atoms with Gasteiger partial charge in [0, 0.05) is 29.5 Å². The molecule has 1 saturated heterocycles. The first-order valence-corrected chi connectivity index (χ1v) is 9.73. The van der Waals surface area contributed by atoms with Crippen LogP contribution in [0.4, 0.5) is 10.5 Å². The van der Waals surface area contributed by atoms with Gasteiger partial charge in [0.2, 0.25) is 0 Å². The highest BCUT2D eigenvalue weighted by Gasteiger charge is 2.37. The Morgan fingerprint density at radius 1 is 1.31 bits per heavy atom. The SMILES string of the molecule is CCC1CC(C)N1C(=O)Nc1ccc(C)c(-c2ncccc2C2CC2)c1. The molecule has 1 aromatic carbocycles. The number of amides is 2. The maximum Gasteiger partial charge on any atom is 0.322 e. The maximum atomic E-state index is 12.7. The zero-order chi connectivity index (χ0) is 18.3. The molecule has 2 amide bonds. The van der Waals surface area contributed by atoms with Crippen LogP contribution in [0.15, 0.2) is 36.5 Å². The van der Waals surface area contributed by atoms with E-state index >= 15 is 0 Å². The highest BCUT2D eigenvalue weighted by molar-refractivity contribution is 5.91. The Balaban J connectivity index is 1.60. The Morgan fingerprint density at radius 3 is 2.81 bits per heavy atom. The fourth-order valence-electron chi connectivity index (χ4n) is 4.08. The normalized spacial score (nSPS) is 22.0. The van der Waals surface area contributed by atoms with Crippen molar-refractivity contribution in [2.24, 2.45) is 0 Å². The van der Waals surface area contributed by atoms with Gasteiger partial charge in [-0.05, 0) is 74.8 Å². The zero-order valence-corrected chi connectivity index (χ0v) is 15.8. The topological polar surface area (TPSA) is 45.2 Å². The molecule has 2 unspecified atom stereocenters. The summed E-state index contributed by atoms with van der Waals surface area (Å²) >= 11 is 0. The molecule has 0 spiro atoms. The largest absolute Gasteiger partial charge is 0.322 e. The summed E-state index contributed by atoms with van der Waals surface area (Å²) < 4.78 is 0. The number of pyridine rings is 1. The number of aromatic nitrogens is 1. The Kier molecular flexibility index (Phi) is 4.43. The van der Waals surface area contributed by atoms with Crippen molar-refractivity contribution in [3.05, 3.63) is 47.7 Å². The molecule has 4 heteroatoms. The average molecular weight is 349 g/mol. The summed E-state index contributed by atoms with van der Waals surface area (Å²) in [5.41, 5.74) is 5.55. The second-order valence-electron chi connectivity index (χ2n) is 7.73. The summed E-state index contributed by atoms with van der Waals surface area (Å²) in [5, 5.41) is 3.10. The second-order valence-corrected chi connectivity index (χ2v) is 7.73. The van der Waals surface area contributed by atoms with E-state index in [1.54, 1.807) is 0 Å². The van der Waals surface area contributed by atoms with Crippen LogP contribution in [0.5, 0.6) is 0 Å². The fourth-order valence-corrected chi connectivity index (χ4v) is 4.08. The lowest BCUT2D eigenvalue weighted by Gasteiger charge is -2.46. The molecule has 0 radical (unpaired) electrons. The van der Waals surface area contributed by atoms with Crippen molar-refractivity contribution >= 4 is 11.7 Å². The van der Waals surface area contributed by atoms with Gasteiger partial charge in [-0.2, -0.15) is 0 Å². The monoisotopic (exact) mass is 349 g/mol. The lowest BCUT2D eigenvalue weighted by atomic mass is 9.93. The first kappa shape index (κ1) is 17.1. The van der Waals surface area contributed by atoms with Crippen LogP contribution in [-0.2, 0) is 0 Å². The van der Waals surface area contributed by atoms with Crippen LogP contribution in [0.1, 0.15) is 56.6 Å². The number of urea groups is 1. The van der Waals surface area contributed by atoms with Gasteiger partial charge in [0.05, 0.1) is 5.69 Å². The Labute approximate surface area is 155 Å². The van der Waals surface area contributed by atoms with Crippen LogP contribution in [0, 0.1) is 6.92 Å². The van der Waals surface area contributed by atoms with E-state index < -0.39 is 0 Å². The number of aryl methyl sites for hydroxylation is 1. The Morgan fingerprint density at radius 2 is 2.12 bits per heavy atom. The third kappa shape index (κ3) is 3.09. The summed E-state index contributed by atoms with van der Waals surface area (Å²) in [6.45, 7) is 6.36. The van der Waals surface area contributed by atoms with E-state index in [1.165, 1.54) is 24.0 Å². The molecule has 4 nitrogen and oxygen atoms in total. The summed E-state index contributed by atoms with van der Waals surface area (Å²) in [5.74, 6) is 0.642. The van der Waals surface area contributed by atoms with E-state index in [4.69, 9.17) is 0 Å². The quantitative estimate of drug-likeness (QED) is 0.810. The molecule has 2 heterocycles. The van der Waals surface area contributed by atoms with E-state index in [0.29, 0.717) is 18.0 Å². The van der Waals surface area contributed by atoms with Gasteiger partial charge in [0.15, 0.2) is 0 Å². The minimum absolute atomic E-state index is 0.00819. The van der Waals surface area contributed by atoms with Gasteiger partial charge in [-0.15, -0.1) is 0 Å². The summed E-state index contributed by atoms with van der Waals surface area (Å²) in [7, 11) is 0. The van der Waals surface area contributed by atoms with Crippen LogP contribution in [0.2, 0.25) is 0 Å². The van der Waals surface area contributed by atoms with Gasteiger partial charge >= 0.3 is 6.03 Å². The van der Waals surface area contributed by atoms with Crippen LogP contribution in [0.25, 0.3) is 11.3 Å². The average Bonchev–Trinajstić information content (AvgIpc) is 3.46. The number of benzene rings is 1. The molecule has 1 aromatic heterocycles. The van der Waals surface area contributed by atoms with Gasteiger partial charge in [0.1, 0.15) is 0 Å². The minimum Gasteiger partial charge on any atom is -0.319 e. The number of nitrogens with one attached hydrogen (secondary N) is 1. The van der Waals surface area contributed by atoms with Crippen molar-refractivity contribution < 1.29 is 4.79 Å². The van der Waals surface area contributed by atoms with Gasteiger partial charge in [-0.25, -0.2) is 4.79 Å². The fraction of sp³-hybridized carbons (Fsp3) is 0.455. The number of rotatable bonds is 4. The molecule has 2 fully saturated rings. The van der Waals surface area contributed by atoms with Crippen molar-refractivity contribution in [2.75, 3.05) is 5.32 Å². The number of carbonyl (C=O) groups is 1. The molecule has 1 aliphatic heterocycles. The van der Waals surface area contributed by atoms with Crippen LogP contribution in [-0.4, -0.2) is 28.0 Å². The van der Waals surface area contributed by atoms with E-state index in [1.807, 2.05) is 23.2 Å². The van der Waals surface area contributed by atoms with E-state index in [-0.39, 0.29) is 6.03 Å². The van der Waals surface area contributed by atoms with Crippen molar-refractivity contribution in [2.45, 2.75) is 64.5 Å². The molecule has 1 aliphatic carbocycles. The second kappa shape index (κ2) is 6.75. The van der Waals surface area contributed by atoms with Crippen molar-refractivity contribution in [3.63, 3.8) is 0 Å². The summed E-state index contributed by atoms with van der Waals surface area (Å²) in [4.78, 5) is 19.3. The first-order chi connectivity index (χ1) is 12.6. The molecular formula is C22H27N3O. The highest BCUT2D eigenvalue weighted by Crippen LogP contribution is 2.44. The third-order valence-corrected chi connectivity index (χ3v) is 5.79. The molecule has 26 heavy (non-hydrogen) atoms. The highest BCUT2D eigenvalue weighted by atomic mass is 16.2. The Bertz CT molecular complexity index is 828. The van der Waals surface area contributed by atoms with E-state index in [0.717, 1.165) is 29.8 Å². The molecule has 4 rings (SSSR count). The summed E-state index contributed by atoms with van der Waals surface area (Å²) in [6.07, 6.45) is 6.47. The van der Waals surface area contributed by atoms with Crippen LogP contribution >= 0.6 is 0 Å². The predicted molar refractivity (Wildman–Crippen MR) is 105 cm³/mol. The molecule has 1 saturated carbocycles. The standard InChI is InChI=1S/C22H27N3O/c1-4-18-12-15(3)25(18)22(26)24-17-10-7-14(2)20(13-17)21-19(16-8-9-16)6-5-11-23-21/h5-7,10-11,13,15-16,18H,4,8-9,12H2,1-3H3,(H,24,26). The van der Waals surface area contributed by atoms with Gasteiger partial charge < -0.3 is 10.2 Å². The van der Waals surface area contributed by atoms with E-state index in [2.05, 4.69) is 49.3 Å². The smallest absolute Gasteiger partial charge is 0.319 e. The van der Waals surface area contributed by atoms with Crippen molar-refractivity contribution in [1.82, 2.24) is 9.88 Å². The lowest BCUT2D eigenvalue weighted by Crippen LogP contribution is -2.58. The summed E-state index contributed by atoms with van der Waals surface area (Å²) in [6, 6.07) is 11.1. The molecule has 2 aliphatic rings. The van der Waals surface area contributed by atoms with Crippen molar-refractivity contribution in [3.8, 4) is 11.3 Å². The zero-order valence-electron chi connectivity index (χ0n) is 15.8. The number of anilines is 1. The predicted octanol–water partition coefficient (Wildman–Crippen LogP) is 5.34. The van der Waals surface area contributed by atoms with Gasteiger partial charge in [-0.1, -0.05) is 19.1 Å². The van der Waals surface area contributed by atoms with Gasteiger partial charge in [-0.3, -0.25) is 4.98 Å². The minimum atomic E-state index is 0.00819. The number of hydrogen-bond acceptors (Lipinski definition) is 2. The van der Waals surface area contributed by atoms with Crippen LogP contribution in [0.3, 0.4) is 0 Å². The first-order valence-electron chi connectivity index (χ1n) is 9.73. The van der Waals surface area contributed by atoms with Gasteiger partial charge in [0.25, 0.3) is 0 Å². The molecule has 2 aromatic rings. The lowest BCUT2D eigenvalue weighted by molar-refractivity contribution is 0.0688. The Hall–Kier alpha value is -2.36. The molecule has 2 atom stereocenters. The molecular weight excluding hydrogens is 322 g/mol. The van der Waals surface area contributed by atoms with Crippen LogP contribution < -0.4 is 5.32 Å². The number of carbonyl (C=O) groups excluding carboxylic acids is 1. The maximum absolute atomic E-state index is 12.7. The third-order valence-electron chi connectivity index (χ3n) is 5.79. The number of hydrogen-bond donors (Lipinski definition) is 1. The molecule has 0 bridgehead atoms. The van der Waals surface area contributed by atoms with E-state index in [9.17, 15) is 4.79 Å². The molecule has 136 valence electrons.